The first-order chi connectivity index (χ1) is 19.0. The third-order valence-corrected chi connectivity index (χ3v) is 9.93. The summed E-state index contributed by atoms with van der Waals surface area (Å²) in [5.41, 5.74) is 5.59. The Morgan fingerprint density at radius 1 is 0.846 bits per heavy atom. The van der Waals surface area contributed by atoms with Crippen LogP contribution < -0.4 is 14.5 Å². The van der Waals surface area contributed by atoms with Crippen molar-refractivity contribution in [2.75, 3.05) is 37.0 Å². The van der Waals surface area contributed by atoms with Crippen LogP contribution in [0.1, 0.15) is 54.4 Å². The Morgan fingerprint density at radius 3 is 2.08 bits per heavy atom. The summed E-state index contributed by atoms with van der Waals surface area (Å²) in [5.74, 6) is 3.58. The topological polar surface area (TPSA) is 42.0 Å². The molecule has 202 valence electrons. The van der Waals surface area contributed by atoms with E-state index in [4.69, 9.17) is 9.47 Å². The number of nitrogens with zero attached hydrogens (tertiary/aromatic N) is 2. The van der Waals surface area contributed by atoms with Crippen LogP contribution in [0.2, 0.25) is 0 Å². The highest BCUT2D eigenvalue weighted by Crippen LogP contribution is 2.60. The van der Waals surface area contributed by atoms with Crippen LogP contribution in [0.15, 0.2) is 72.8 Å². The van der Waals surface area contributed by atoms with E-state index in [0.717, 1.165) is 48.0 Å². The van der Waals surface area contributed by atoms with Gasteiger partial charge in [0.1, 0.15) is 11.9 Å². The number of anilines is 3. The van der Waals surface area contributed by atoms with Gasteiger partial charge in [-0.1, -0.05) is 24.3 Å². The molecule has 3 aromatic rings. The number of benzene rings is 3. The van der Waals surface area contributed by atoms with E-state index >= 15 is 0 Å². The average Bonchev–Trinajstić information content (AvgIpc) is 2.93. The second kappa shape index (κ2) is 9.62. The van der Waals surface area contributed by atoms with Crippen molar-refractivity contribution in [2.45, 2.75) is 50.0 Å². The van der Waals surface area contributed by atoms with Crippen molar-refractivity contribution in [1.82, 2.24) is 0 Å². The van der Waals surface area contributed by atoms with Crippen molar-refractivity contribution < 1.29 is 14.3 Å². The van der Waals surface area contributed by atoms with Gasteiger partial charge in [-0.3, -0.25) is 0 Å². The summed E-state index contributed by atoms with van der Waals surface area (Å²) in [4.78, 5) is 16.6. The Kier molecular flexibility index (Phi) is 6.06. The molecule has 39 heavy (non-hydrogen) atoms. The lowest BCUT2D eigenvalue weighted by atomic mass is 9.48. The lowest BCUT2D eigenvalue weighted by Crippen LogP contribution is -2.54. The number of ether oxygens (including phenoxy) is 2. The zero-order valence-corrected chi connectivity index (χ0v) is 23.0. The fourth-order valence-corrected chi connectivity index (χ4v) is 8.34. The smallest absolute Gasteiger partial charge is 0.339 e. The van der Waals surface area contributed by atoms with Gasteiger partial charge in [-0.05, 0) is 116 Å². The van der Waals surface area contributed by atoms with E-state index in [0.29, 0.717) is 11.0 Å². The van der Waals surface area contributed by atoms with Gasteiger partial charge in [0.25, 0.3) is 0 Å². The summed E-state index contributed by atoms with van der Waals surface area (Å²) < 4.78 is 11.3. The molecule has 0 radical (unpaired) electrons. The fourth-order valence-electron chi connectivity index (χ4n) is 8.34. The third-order valence-electron chi connectivity index (χ3n) is 9.93. The van der Waals surface area contributed by atoms with Crippen molar-refractivity contribution in [1.29, 1.82) is 0 Å². The highest BCUT2D eigenvalue weighted by molar-refractivity contribution is 5.96. The van der Waals surface area contributed by atoms with Gasteiger partial charge in [0.2, 0.25) is 0 Å². The van der Waals surface area contributed by atoms with E-state index in [2.05, 4.69) is 53.4 Å². The van der Waals surface area contributed by atoms with Crippen LogP contribution in [0.3, 0.4) is 0 Å². The van der Waals surface area contributed by atoms with Crippen molar-refractivity contribution in [3.8, 4) is 5.75 Å². The number of esters is 1. The summed E-state index contributed by atoms with van der Waals surface area (Å²) in [6.45, 7) is 1.77. The molecule has 4 bridgehead atoms. The second-order valence-corrected chi connectivity index (χ2v) is 12.5. The van der Waals surface area contributed by atoms with E-state index in [9.17, 15) is 4.79 Å². The minimum absolute atomic E-state index is 0.213. The van der Waals surface area contributed by atoms with E-state index in [1.165, 1.54) is 51.3 Å². The van der Waals surface area contributed by atoms with Crippen molar-refractivity contribution in [3.63, 3.8) is 0 Å². The largest absolute Gasteiger partial charge is 0.487 e. The number of rotatable bonds is 7. The van der Waals surface area contributed by atoms with Gasteiger partial charge in [-0.2, -0.15) is 0 Å². The van der Waals surface area contributed by atoms with Crippen LogP contribution in [-0.4, -0.2) is 39.3 Å². The van der Waals surface area contributed by atoms with Gasteiger partial charge in [-0.25, -0.2) is 4.79 Å². The third kappa shape index (κ3) is 4.46. The maximum atomic E-state index is 12.2. The lowest BCUT2D eigenvalue weighted by Gasteiger charge is -2.57. The van der Waals surface area contributed by atoms with E-state index in [1.54, 1.807) is 11.6 Å². The molecule has 8 rings (SSSR count). The number of hydrogen-bond donors (Lipinski definition) is 0. The molecule has 5 aliphatic rings. The maximum absolute atomic E-state index is 12.2. The summed E-state index contributed by atoms with van der Waals surface area (Å²) in [7, 11) is 3.38. The first-order valence-electron chi connectivity index (χ1n) is 14.5. The molecule has 0 spiro atoms. The highest BCUT2D eigenvalue weighted by Gasteiger charge is 2.51. The molecular weight excluding hydrogens is 484 g/mol. The summed E-state index contributed by atoms with van der Waals surface area (Å²) in [5, 5.41) is 0. The molecule has 1 saturated heterocycles. The molecule has 1 aliphatic heterocycles. The van der Waals surface area contributed by atoms with Crippen LogP contribution in [0.5, 0.6) is 5.75 Å². The number of carbonyl (C=O) groups is 1. The first kappa shape index (κ1) is 24.6. The number of hydrogen-bond acceptors (Lipinski definition) is 5. The zero-order chi connectivity index (χ0) is 26.6. The monoisotopic (exact) mass is 522 g/mol. The molecule has 4 aliphatic carbocycles. The van der Waals surface area contributed by atoms with Gasteiger partial charge in [0.05, 0.1) is 31.5 Å². The molecule has 1 heterocycles. The Labute approximate surface area is 231 Å². The highest BCUT2D eigenvalue weighted by atomic mass is 16.5. The molecule has 5 fully saturated rings. The Morgan fingerprint density at radius 2 is 1.46 bits per heavy atom. The lowest BCUT2D eigenvalue weighted by molar-refractivity contribution is -0.00521. The second-order valence-electron chi connectivity index (χ2n) is 12.5. The van der Waals surface area contributed by atoms with Crippen LogP contribution >= 0.6 is 0 Å². The maximum Gasteiger partial charge on any atom is 0.339 e. The van der Waals surface area contributed by atoms with Crippen LogP contribution in [-0.2, 0) is 10.2 Å². The predicted octanol–water partition coefficient (Wildman–Crippen LogP) is 6.98. The van der Waals surface area contributed by atoms with E-state index in [-0.39, 0.29) is 12.1 Å². The van der Waals surface area contributed by atoms with Gasteiger partial charge in [0, 0.05) is 18.4 Å². The number of para-hydroxylation sites is 1. The van der Waals surface area contributed by atoms with Crippen LogP contribution in [0.25, 0.3) is 0 Å². The molecule has 0 amide bonds. The first-order valence-corrected chi connectivity index (χ1v) is 14.5. The Balaban J connectivity index is 0.956. The summed E-state index contributed by atoms with van der Waals surface area (Å²) in [6, 6.07) is 25.2. The minimum atomic E-state index is -0.330. The van der Waals surface area contributed by atoms with Gasteiger partial charge in [-0.15, -0.1) is 0 Å². The van der Waals surface area contributed by atoms with Gasteiger partial charge >= 0.3 is 5.97 Å². The predicted molar refractivity (Wildman–Crippen MR) is 155 cm³/mol. The van der Waals surface area contributed by atoms with E-state index < -0.39 is 0 Å². The van der Waals surface area contributed by atoms with Crippen molar-refractivity contribution in [2.24, 2.45) is 17.8 Å². The van der Waals surface area contributed by atoms with Crippen LogP contribution in [0, 0.1) is 17.8 Å². The van der Waals surface area contributed by atoms with Crippen molar-refractivity contribution >= 4 is 23.0 Å². The van der Waals surface area contributed by atoms with Gasteiger partial charge < -0.3 is 19.3 Å². The molecule has 0 N–H and O–H groups in total. The number of carbonyl (C=O) groups excluding carboxylic acids is 1. The van der Waals surface area contributed by atoms with Crippen molar-refractivity contribution in [3.05, 3.63) is 83.9 Å². The number of methoxy groups -OCH3 is 1. The minimum Gasteiger partial charge on any atom is -0.487 e. The van der Waals surface area contributed by atoms with Gasteiger partial charge in [0.15, 0.2) is 0 Å². The molecule has 5 nitrogen and oxygen atoms in total. The Bertz CT molecular complexity index is 1310. The molecule has 5 heteroatoms. The zero-order valence-electron chi connectivity index (χ0n) is 23.0. The molecule has 0 aromatic heterocycles. The Hall–Kier alpha value is -3.47. The normalized spacial score (nSPS) is 27.2. The molecule has 0 unspecified atom stereocenters. The fraction of sp³-hybridized carbons (Fsp3) is 0.441. The molecule has 4 saturated carbocycles. The molecule has 0 atom stereocenters. The van der Waals surface area contributed by atoms with E-state index in [1.807, 2.05) is 30.1 Å². The quantitative estimate of drug-likeness (QED) is 0.313. The van der Waals surface area contributed by atoms with Crippen LogP contribution in [0.4, 0.5) is 17.1 Å². The molecular formula is C34H38N2O3. The average molecular weight is 523 g/mol. The molecule has 3 aromatic carbocycles. The SMILES string of the molecule is COC(=O)c1ccccc1N(C)c1ccc(N2CC(Oc3ccc(C45CC6CC(CC(C6)C4)C5)cc3)C2)cc1. The summed E-state index contributed by atoms with van der Waals surface area (Å²) >= 11 is 0. The standard InChI is InChI=1S/C34H38N2O3/c1-35(32-6-4-3-5-31(32)33(37)38-2)27-9-11-28(12-10-27)36-21-30(22-36)39-29-13-7-26(8-14-29)34-18-23-15-24(19-34)17-25(16-23)20-34/h3-14,23-25,30H,15-22H2,1-2H3. The summed E-state index contributed by atoms with van der Waals surface area (Å²) in [6.07, 6.45) is 8.89.